The molecule has 0 bridgehead atoms. The second-order valence-electron chi connectivity index (χ2n) is 3.47. The summed E-state index contributed by atoms with van der Waals surface area (Å²) in [5.74, 6) is 0. The van der Waals surface area contributed by atoms with Crippen molar-refractivity contribution in [2.75, 3.05) is 7.05 Å². The maximum atomic E-state index is 4.10. The van der Waals surface area contributed by atoms with Gasteiger partial charge in [-0.25, -0.2) is 0 Å². The van der Waals surface area contributed by atoms with Gasteiger partial charge in [-0.05, 0) is 31.7 Å². The van der Waals surface area contributed by atoms with Crippen molar-refractivity contribution in [2.24, 2.45) is 0 Å². The topological polar surface area (TPSA) is 37.8 Å². The zero-order chi connectivity index (χ0) is 12.3. The van der Waals surface area contributed by atoms with Gasteiger partial charge >= 0.3 is 0 Å². The minimum atomic E-state index is 0.865. The molecular formula is C11H12BrN3S2. The lowest BCUT2D eigenvalue weighted by Crippen LogP contribution is -2.05. The first-order valence-electron chi connectivity index (χ1n) is 5.10. The summed E-state index contributed by atoms with van der Waals surface area (Å²) in [4.78, 5) is 1.17. The molecule has 0 amide bonds. The molecule has 0 aliphatic carbocycles. The fourth-order valence-corrected chi connectivity index (χ4v) is 3.85. The van der Waals surface area contributed by atoms with E-state index in [4.69, 9.17) is 0 Å². The van der Waals surface area contributed by atoms with Crippen LogP contribution in [-0.2, 0) is 6.54 Å². The van der Waals surface area contributed by atoms with Gasteiger partial charge in [0, 0.05) is 15.9 Å². The first kappa shape index (κ1) is 13.0. The molecule has 0 aliphatic heterocycles. The van der Waals surface area contributed by atoms with Gasteiger partial charge in [-0.2, -0.15) is 0 Å². The highest BCUT2D eigenvalue weighted by molar-refractivity contribution is 9.10. The Morgan fingerprint density at radius 3 is 2.82 bits per heavy atom. The monoisotopic (exact) mass is 329 g/mol. The molecule has 6 heteroatoms. The van der Waals surface area contributed by atoms with E-state index < -0.39 is 0 Å². The van der Waals surface area contributed by atoms with Crippen molar-refractivity contribution in [3.63, 3.8) is 0 Å². The molecule has 1 aromatic heterocycles. The molecule has 0 saturated carbocycles. The molecule has 1 N–H and O–H groups in total. The molecule has 0 aliphatic rings. The lowest BCUT2D eigenvalue weighted by Gasteiger charge is -2.05. The van der Waals surface area contributed by atoms with Gasteiger partial charge in [0.15, 0.2) is 4.34 Å². The Bertz CT molecular complexity index is 513. The summed E-state index contributed by atoms with van der Waals surface area (Å²) >= 11 is 6.84. The first-order valence-corrected chi connectivity index (χ1v) is 7.52. The Hall–Kier alpha value is -0.430. The second-order valence-corrected chi connectivity index (χ2v) is 6.83. The average molecular weight is 330 g/mol. The Labute approximate surface area is 117 Å². The molecule has 0 unspecified atom stereocenters. The number of nitrogens with one attached hydrogen (secondary N) is 1. The van der Waals surface area contributed by atoms with Crippen LogP contribution >= 0.6 is 39.0 Å². The van der Waals surface area contributed by atoms with E-state index >= 15 is 0 Å². The van der Waals surface area contributed by atoms with Gasteiger partial charge in [0.05, 0.1) is 0 Å². The maximum absolute atomic E-state index is 4.10. The van der Waals surface area contributed by atoms with Crippen LogP contribution < -0.4 is 5.32 Å². The predicted molar refractivity (Wildman–Crippen MR) is 75.7 cm³/mol. The third kappa shape index (κ3) is 3.51. The number of benzene rings is 1. The molecule has 0 saturated heterocycles. The van der Waals surface area contributed by atoms with Crippen molar-refractivity contribution in [1.29, 1.82) is 0 Å². The molecule has 2 rings (SSSR count). The van der Waals surface area contributed by atoms with Crippen LogP contribution in [0.5, 0.6) is 0 Å². The largest absolute Gasteiger partial charge is 0.316 e. The molecule has 90 valence electrons. The number of aryl methyl sites for hydroxylation is 1. The van der Waals surface area contributed by atoms with Crippen LogP contribution in [0.3, 0.4) is 0 Å². The summed E-state index contributed by atoms with van der Waals surface area (Å²) < 4.78 is 2.11. The molecule has 0 atom stereocenters. The quantitative estimate of drug-likeness (QED) is 0.931. The summed E-state index contributed by atoms with van der Waals surface area (Å²) in [6.07, 6.45) is 0. The van der Waals surface area contributed by atoms with E-state index in [0.29, 0.717) is 0 Å². The third-order valence-electron chi connectivity index (χ3n) is 2.10. The van der Waals surface area contributed by atoms with Crippen LogP contribution in [-0.4, -0.2) is 17.2 Å². The van der Waals surface area contributed by atoms with E-state index in [1.807, 2.05) is 14.0 Å². The SMILES string of the molecule is CNCc1ccc(Sc2nnc(C)s2)cc1Br. The Morgan fingerprint density at radius 2 is 2.24 bits per heavy atom. The molecule has 2 aromatic rings. The number of halogens is 1. The summed E-state index contributed by atoms with van der Waals surface area (Å²) in [7, 11) is 1.94. The molecule has 3 nitrogen and oxygen atoms in total. The van der Waals surface area contributed by atoms with Crippen LogP contribution in [0.25, 0.3) is 0 Å². The second kappa shape index (κ2) is 5.95. The third-order valence-corrected chi connectivity index (χ3v) is 4.72. The predicted octanol–water partition coefficient (Wildman–Crippen LogP) is 3.48. The highest BCUT2D eigenvalue weighted by Crippen LogP contribution is 2.32. The fraction of sp³-hybridized carbons (Fsp3) is 0.273. The van der Waals surface area contributed by atoms with Crippen molar-refractivity contribution < 1.29 is 0 Å². The van der Waals surface area contributed by atoms with Gasteiger partial charge in [0.2, 0.25) is 0 Å². The Balaban J connectivity index is 2.14. The van der Waals surface area contributed by atoms with E-state index in [0.717, 1.165) is 20.4 Å². The van der Waals surface area contributed by atoms with Crippen LogP contribution in [0.4, 0.5) is 0 Å². The van der Waals surface area contributed by atoms with Crippen molar-refractivity contribution >= 4 is 39.0 Å². The fourth-order valence-electron chi connectivity index (χ4n) is 1.35. The van der Waals surface area contributed by atoms with E-state index in [1.165, 1.54) is 10.5 Å². The normalized spacial score (nSPS) is 10.8. The lowest BCUT2D eigenvalue weighted by molar-refractivity contribution is 0.813. The molecule has 0 spiro atoms. The number of rotatable bonds is 4. The summed E-state index contributed by atoms with van der Waals surface area (Å²) in [5.41, 5.74) is 1.25. The van der Waals surface area contributed by atoms with Gasteiger partial charge in [-0.1, -0.05) is 45.1 Å². The number of aromatic nitrogens is 2. The maximum Gasteiger partial charge on any atom is 0.179 e. The molecule has 1 heterocycles. The summed E-state index contributed by atoms with van der Waals surface area (Å²) in [6.45, 7) is 2.83. The van der Waals surface area contributed by atoms with Gasteiger partial charge in [-0.3, -0.25) is 0 Å². The molecule has 0 radical (unpaired) electrons. The Kier molecular flexibility index (Phi) is 4.55. The Morgan fingerprint density at radius 1 is 1.41 bits per heavy atom. The molecular weight excluding hydrogens is 318 g/mol. The van der Waals surface area contributed by atoms with Gasteiger partial charge in [0.25, 0.3) is 0 Å². The van der Waals surface area contributed by atoms with E-state index in [9.17, 15) is 0 Å². The van der Waals surface area contributed by atoms with Crippen molar-refractivity contribution in [3.05, 3.63) is 33.2 Å². The highest BCUT2D eigenvalue weighted by atomic mass is 79.9. The van der Waals surface area contributed by atoms with E-state index in [-0.39, 0.29) is 0 Å². The number of hydrogen-bond acceptors (Lipinski definition) is 5. The van der Waals surface area contributed by atoms with Gasteiger partial charge in [0.1, 0.15) is 5.01 Å². The zero-order valence-corrected chi connectivity index (χ0v) is 12.7. The number of nitrogens with zero attached hydrogens (tertiary/aromatic N) is 2. The van der Waals surface area contributed by atoms with Crippen LogP contribution in [0.1, 0.15) is 10.6 Å². The molecule has 0 fully saturated rings. The minimum absolute atomic E-state index is 0.865. The first-order chi connectivity index (χ1) is 8.19. The minimum Gasteiger partial charge on any atom is -0.316 e. The van der Waals surface area contributed by atoms with Gasteiger partial charge in [-0.15, -0.1) is 10.2 Å². The molecule has 17 heavy (non-hydrogen) atoms. The summed E-state index contributed by atoms with van der Waals surface area (Å²) in [5, 5.41) is 12.3. The average Bonchev–Trinajstić information content (AvgIpc) is 2.68. The number of hydrogen-bond donors (Lipinski definition) is 1. The van der Waals surface area contributed by atoms with Crippen LogP contribution in [0.15, 0.2) is 31.9 Å². The van der Waals surface area contributed by atoms with Crippen molar-refractivity contribution in [1.82, 2.24) is 15.5 Å². The van der Waals surface area contributed by atoms with Gasteiger partial charge < -0.3 is 5.32 Å². The highest BCUT2D eigenvalue weighted by Gasteiger charge is 2.05. The summed E-state index contributed by atoms with van der Waals surface area (Å²) in [6, 6.07) is 6.35. The van der Waals surface area contributed by atoms with Crippen molar-refractivity contribution in [2.45, 2.75) is 22.7 Å². The van der Waals surface area contributed by atoms with E-state index in [2.05, 4.69) is 49.6 Å². The standard InChI is InChI=1S/C11H12BrN3S2/c1-7-14-15-11(16-7)17-9-4-3-8(6-13-2)10(12)5-9/h3-5,13H,6H2,1-2H3. The zero-order valence-electron chi connectivity index (χ0n) is 9.53. The van der Waals surface area contributed by atoms with Crippen LogP contribution in [0.2, 0.25) is 0 Å². The molecule has 1 aromatic carbocycles. The smallest absolute Gasteiger partial charge is 0.179 e. The van der Waals surface area contributed by atoms with Crippen molar-refractivity contribution in [3.8, 4) is 0 Å². The van der Waals surface area contributed by atoms with Crippen LogP contribution in [0, 0.1) is 6.92 Å². The van der Waals surface area contributed by atoms with E-state index in [1.54, 1.807) is 23.1 Å². The lowest BCUT2D eigenvalue weighted by atomic mass is 10.2.